The van der Waals surface area contributed by atoms with Crippen LogP contribution in [0, 0.1) is 11.8 Å². The van der Waals surface area contributed by atoms with Crippen molar-refractivity contribution < 1.29 is 13.2 Å². The molecule has 0 amide bonds. The van der Waals surface area contributed by atoms with Gasteiger partial charge in [0.05, 0.1) is 0 Å². The molecule has 0 aliphatic heterocycles. The second kappa shape index (κ2) is 3.25. The summed E-state index contributed by atoms with van der Waals surface area (Å²) in [5.41, 5.74) is 5.01. The summed E-state index contributed by atoms with van der Waals surface area (Å²) in [7, 11) is 1.54. The van der Waals surface area contributed by atoms with Gasteiger partial charge in [-0.3, -0.25) is 4.99 Å². The maximum absolute atomic E-state index is 12.4. The molecular formula is C10H13F3N2. The summed E-state index contributed by atoms with van der Waals surface area (Å²) in [5.74, 6) is 0.785. The van der Waals surface area contributed by atoms with Gasteiger partial charge in [0, 0.05) is 24.3 Å². The molecule has 2 unspecified atom stereocenters. The van der Waals surface area contributed by atoms with Gasteiger partial charge in [-0.2, -0.15) is 13.2 Å². The fraction of sp³-hybridized carbons (Fsp3) is 0.700. The van der Waals surface area contributed by atoms with E-state index in [-0.39, 0.29) is 11.5 Å². The Morgan fingerprint density at radius 2 is 2.13 bits per heavy atom. The Bertz CT molecular complexity index is 341. The van der Waals surface area contributed by atoms with Gasteiger partial charge in [0.15, 0.2) is 0 Å². The lowest BCUT2D eigenvalue weighted by Gasteiger charge is -2.20. The average molecular weight is 218 g/mol. The van der Waals surface area contributed by atoms with Crippen molar-refractivity contribution >= 4 is 5.71 Å². The summed E-state index contributed by atoms with van der Waals surface area (Å²) < 4.78 is 37.3. The summed E-state index contributed by atoms with van der Waals surface area (Å²) in [6, 6.07) is 0. The van der Waals surface area contributed by atoms with Gasteiger partial charge in [-0.05, 0) is 25.2 Å². The molecule has 0 aromatic carbocycles. The molecule has 0 aromatic rings. The van der Waals surface area contributed by atoms with E-state index in [1.807, 2.05) is 0 Å². The fourth-order valence-corrected chi connectivity index (χ4v) is 2.33. The van der Waals surface area contributed by atoms with E-state index < -0.39 is 11.9 Å². The molecule has 0 bridgehead atoms. The number of nitrogens with zero attached hydrogens (tertiary/aromatic N) is 1. The van der Waals surface area contributed by atoms with Gasteiger partial charge in [0.1, 0.15) is 5.70 Å². The van der Waals surface area contributed by atoms with Crippen molar-refractivity contribution in [3.05, 3.63) is 11.3 Å². The van der Waals surface area contributed by atoms with Gasteiger partial charge in [0.25, 0.3) is 0 Å². The largest absolute Gasteiger partial charge is 0.431 e. The van der Waals surface area contributed by atoms with Crippen LogP contribution in [0.5, 0.6) is 0 Å². The van der Waals surface area contributed by atoms with Crippen molar-refractivity contribution in [3.63, 3.8) is 0 Å². The number of rotatable bonds is 0. The molecule has 2 aliphatic carbocycles. The first-order valence-corrected chi connectivity index (χ1v) is 4.98. The zero-order valence-corrected chi connectivity index (χ0v) is 8.43. The predicted molar refractivity (Wildman–Crippen MR) is 51.5 cm³/mol. The topological polar surface area (TPSA) is 38.4 Å². The van der Waals surface area contributed by atoms with E-state index in [2.05, 4.69) is 4.99 Å². The smallest absolute Gasteiger partial charge is 0.394 e. The van der Waals surface area contributed by atoms with Crippen molar-refractivity contribution in [1.82, 2.24) is 0 Å². The molecule has 2 fully saturated rings. The number of allylic oxidation sites excluding steroid dienone is 2. The van der Waals surface area contributed by atoms with Crippen LogP contribution in [-0.4, -0.2) is 18.9 Å². The summed E-state index contributed by atoms with van der Waals surface area (Å²) >= 11 is 0. The zero-order valence-electron chi connectivity index (χ0n) is 8.43. The predicted octanol–water partition coefficient (Wildman–Crippen LogP) is 2.26. The number of aliphatic imine (C=N–C) groups is 1. The van der Waals surface area contributed by atoms with Crippen LogP contribution in [0.3, 0.4) is 0 Å². The first kappa shape index (κ1) is 10.5. The average Bonchev–Trinajstić information content (AvgIpc) is 2.92. The van der Waals surface area contributed by atoms with E-state index in [0.717, 1.165) is 12.8 Å². The normalized spacial score (nSPS) is 36.4. The van der Waals surface area contributed by atoms with E-state index in [4.69, 9.17) is 5.73 Å². The van der Waals surface area contributed by atoms with Crippen LogP contribution in [0.4, 0.5) is 13.2 Å². The lowest BCUT2D eigenvalue weighted by molar-refractivity contribution is -0.0933. The van der Waals surface area contributed by atoms with Crippen LogP contribution in [0.1, 0.15) is 19.3 Å². The second-order valence-corrected chi connectivity index (χ2v) is 4.14. The number of nitrogens with two attached hydrogens (primary N) is 1. The highest BCUT2D eigenvalue weighted by molar-refractivity contribution is 6.05. The van der Waals surface area contributed by atoms with Gasteiger partial charge in [0.2, 0.25) is 0 Å². The molecule has 0 radical (unpaired) electrons. The molecule has 0 heterocycles. The van der Waals surface area contributed by atoms with Crippen molar-refractivity contribution in [2.45, 2.75) is 25.4 Å². The van der Waals surface area contributed by atoms with Gasteiger partial charge in [-0.25, -0.2) is 0 Å². The van der Waals surface area contributed by atoms with Gasteiger partial charge >= 0.3 is 6.18 Å². The molecular weight excluding hydrogens is 205 g/mol. The van der Waals surface area contributed by atoms with Crippen LogP contribution >= 0.6 is 0 Å². The summed E-state index contributed by atoms with van der Waals surface area (Å²) in [5, 5.41) is 0. The fourth-order valence-electron chi connectivity index (χ4n) is 2.33. The van der Waals surface area contributed by atoms with Crippen LogP contribution in [-0.2, 0) is 0 Å². The molecule has 0 aromatic heterocycles. The van der Waals surface area contributed by atoms with Crippen LogP contribution in [0.2, 0.25) is 0 Å². The van der Waals surface area contributed by atoms with E-state index >= 15 is 0 Å². The summed E-state index contributed by atoms with van der Waals surface area (Å²) in [4.78, 5) is 3.96. The first-order chi connectivity index (χ1) is 6.95. The summed E-state index contributed by atoms with van der Waals surface area (Å²) in [6.07, 6.45) is -2.22. The van der Waals surface area contributed by atoms with Crippen molar-refractivity contribution in [3.8, 4) is 0 Å². The quantitative estimate of drug-likeness (QED) is 0.665. The van der Waals surface area contributed by atoms with Crippen LogP contribution in [0.15, 0.2) is 16.3 Å². The number of hydrogen-bond donors (Lipinski definition) is 1. The van der Waals surface area contributed by atoms with E-state index in [1.165, 1.54) is 0 Å². The number of halogens is 3. The minimum Gasteiger partial charge on any atom is -0.394 e. The third-order valence-electron chi connectivity index (χ3n) is 3.22. The number of fused-ring (bicyclic) bond motifs is 1. The molecule has 0 saturated heterocycles. The van der Waals surface area contributed by atoms with Crippen molar-refractivity contribution in [1.29, 1.82) is 0 Å². The second-order valence-electron chi connectivity index (χ2n) is 4.14. The minimum atomic E-state index is -4.42. The van der Waals surface area contributed by atoms with Gasteiger partial charge in [-0.1, -0.05) is 0 Å². The Morgan fingerprint density at radius 3 is 2.67 bits per heavy atom. The Labute approximate surface area is 86.1 Å². The lowest BCUT2D eigenvalue weighted by Crippen LogP contribution is -2.27. The molecule has 2 atom stereocenters. The Hall–Kier alpha value is -1.00. The lowest BCUT2D eigenvalue weighted by atomic mass is 9.91. The highest BCUT2D eigenvalue weighted by Gasteiger charge is 2.47. The van der Waals surface area contributed by atoms with Gasteiger partial charge < -0.3 is 5.73 Å². The molecule has 2 nitrogen and oxygen atoms in total. The maximum atomic E-state index is 12.4. The molecule has 5 heteroatoms. The standard InChI is InChI=1S/C10H13F3N2/c1-15-8-6(9(14)10(11,12)13)3-2-5-4-7(5)8/h5,7H,2-4,14H2,1H3. The first-order valence-electron chi connectivity index (χ1n) is 4.98. The van der Waals surface area contributed by atoms with Crippen LogP contribution in [0.25, 0.3) is 0 Å². The van der Waals surface area contributed by atoms with E-state index in [1.54, 1.807) is 7.05 Å². The monoisotopic (exact) mass is 218 g/mol. The zero-order chi connectivity index (χ0) is 11.2. The molecule has 2 rings (SSSR count). The van der Waals surface area contributed by atoms with Crippen molar-refractivity contribution in [2.75, 3.05) is 7.05 Å². The third-order valence-corrected chi connectivity index (χ3v) is 3.22. The molecule has 2 aliphatic rings. The molecule has 0 spiro atoms. The Kier molecular flexibility index (Phi) is 2.28. The van der Waals surface area contributed by atoms with E-state index in [0.29, 0.717) is 18.1 Å². The molecule has 2 saturated carbocycles. The summed E-state index contributed by atoms with van der Waals surface area (Å²) in [6.45, 7) is 0. The highest BCUT2D eigenvalue weighted by atomic mass is 19.4. The SMILES string of the molecule is CN=C1C(=C(N)C(F)(F)F)CCC2CC12. The van der Waals surface area contributed by atoms with Crippen LogP contribution < -0.4 is 5.73 Å². The Morgan fingerprint density at radius 1 is 1.47 bits per heavy atom. The Balaban J connectivity index is 2.35. The minimum absolute atomic E-state index is 0.226. The molecule has 2 N–H and O–H groups in total. The van der Waals surface area contributed by atoms with Gasteiger partial charge in [-0.15, -0.1) is 0 Å². The number of hydrogen-bond acceptors (Lipinski definition) is 2. The highest BCUT2D eigenvalue weighted by Crippen LogP contribution is 2.50. The van der Waals surface area contributed by atoms with Crippen molar-refractivity contribution in [2.24, 2.45) is 22.6 Å². The molecule has 15 heavy (non-hydrogen) atoms. The maximum Gasteiger partial charge on any atom is 0.431 e. The third kappa shape index (κ3) is 1.75. The molecule has 84 valence electrons. The number of alkyl halides is 3. The van der Waals surface area contributed by atoms with E-state index in [9.17, 15) is 13.2 Å².